The Hall–Kier alpha value is -0.583. The molecule has 0 radical (unpaired) electrons. The zero-order chi connectivity index (χ0) is 15.7. The average molecular weight is 324 g/mol. The van der Waals surface area contributed by atoms with Crippen LogP contribution in [0.5, 0.6) is 0 Å². The van der Waals surface area contributed by atoms with Crippen LogP contribution >= 0.6 is 0 Å². The van der Waals surface area contributed by atoms with Gasteiger partial charge in [0.2, 0.25) is 0 Å². The summed E-state index contributed by atoms with van der Waals surface area (Å²) in [5.74, 6) is 0. The highest BCUT2D eigenvalue weighted by atomic mass is 28.4. The number of alkyl halides is 6. The summed E-state index contributed by atoms with van der Waals surface area (Å²) in [6.07, 6.45) is -11.8. The molecule has 0 bridgehead atoms. The van der Waals surface area contributed by atoms with Crippen molar-refractivity contribution in [1.82, 2.24) is 0 Å². The van der Waals surface area contributed by atoms with Gasteiger partial charge in [-0.3, -0.25) is 0 Å². The van der Waals surface area contributed by atoms with E-state index in [1.165, 1.54) is 13.8 Å². The third-order valence-electron chi connectivity index (χ3n) is 2.65. The van der Waals surface area contributed by atoms with E-state index in [9.17, 15) is 26.3 Å². The molecule has 10 heteroatoms. The van der Waals surface area contributed by atoms with Gasteiger partial charge in [0.05, 0.1) is 0 Å². The first-order valence-electron chi connectivity index (χ1n) is 5.83. The highest BCUT2D eigenvalue weighted by molar-refractivity contribution is 6.66. The fraction of sp³-hybridized carbons (Fsp3) is 0.800. The fourth-order valence-corrected chi connectivity index (χ4v) is 4.27. The fourth-order valence-electron chi connectivity index (χ4n) is 1.79. The van der Waals surface area contributed by atoms with E-state index in [1.807, 2.05) is 0 Å². The molecule has 1 aliphatic rings. The Bertz CT molecular complexity index is 345. The van der Waals surface area contributed by atoms with Gasteiger partial charge in [0.1, 0.15) is 0 Å². The SMILES string of the molecule is CCO[Si]1(OCC)C=CCC(C(F)(F)F)(C(F)(F)F)O1. The number of hydrogen-bond donors (Lipinski definition) is 0. The average Bonchev–Trinajstić information content (AvgIpc) is 2.26. The third-order valence-corrected chi connectivity index (χ3v) is 5.31. The molecule has 0 atom stereocenters. The Balaban J connectivity index is 3.27. The molecule has 0 unspecified atom stereocenters. The molecular formula is C10H14F6O3Si. The first kappa shape index (κ1) is 17.5. The lowest BCUT2D eigenvalue weighted by Crippen LogP contribution is -2.66. The molecule has 118 valence electrons. The van der Waals surface area contributed by atoms with Crippen molar-refractivity contribution in [2.24, 2.45) is 0 Å². The molecule has 0 saturated carbocycles. The van der Waals surface area contributed by atoms with Crippen LogP contribution in [0.1, 0.15) is 20.3 Å². The van der Waals surface area contributed by atoms with E-state index in [4.69, 9.17) is 8.85 Å². The Morgan fingerprint density at radius 1 is 1.05 bits per heavy atom. The highest BCUT2D eigenvalue weighted by Gasteiger charge is 2.75. The van der Waals surface area contributed by atoms with Crippen LogP contribution in [0, 0.1) is 0 Å². The standard InChI is InChI=1S/C10H14F6O3Si/c1-3-17-20(18-4-2)7-5-6-8(19-20,9(11,12)13)10(14,15)16/h5,7H,3-4,6H2,1-2H3. The van der Waals surface area contributed by atoms with Crippen molar-refractivity contribution in [1.29, 1.82) is 0 Å². The lowest BCUT2D eigenvalue weighted by Gasteiger charge is -2.43. The minimum Gasteiger partial charge on any atom is -0.371 e. The maximum Gasteiger partial charge on any atom is 0.530 e. The summed E-state index contributed by atoms with van der Waals surface area (Å²) in [7, 11) is -4.16. The van der Waals surface area contributed by atoms with E-state index < -0.39 is 33.2 Å². The summed E-state index contributed by atoms with van der Waals surface area (Å²) >= 11 is 0. The quantitative estimate of drug-likeness (QED) is 0.586. The van der Waals surface area contributed by atoms with Crippen LogP contribution in [0.15, 0.2) is 11.8 Å². The Morgan fingerprint density at radius 2 is 1.50 bits per heavy atom. The summed E-state index contributed by atoms with van der Waals surface area (Å²) in [5, 5.41) is 0. The Labute approximate surface area is 112 Å². The van der Waals surface area contributed by atoms with E-state index in [1.54, 1.807) is 0 Å². The minimum atomic E-state index is -5.62. The van der Waals surface area contributed by atoms with Crippen LogP contribution in [0.25, 0.3) is 0 Å². The Morgan fingerprint density at radius 3 is 1.85 bits per heavy atom. The van der Waals surface area contributed by atoms with Crippen molar-refractivity contribution in [2.45, 2.75) is 38.2 Å². The lowest BCUT2D eigenvalue weighted by molar-refractivity contribution is -0.366. The van der Waals surface area contributed by atoms with Crippen molar-refractivity contribution < 1.29 is 39.6 Å². The molecule has 20 heavy (non-hydrogen) atoms. The van der Waals surface area contributed by atoms with Gasteiger partial charge in [-0.2, -0.15) is 26.3 Å². The maximum absolute atomic E-state index is 12.9. The molecule has 0 aromatic carbocycles. The largest absolute Gasteiger partial charge is 0.530 e. The molecule has 0 saturated heterocycles. The van der Waals surface area contributed by atoms with Crippen molar-refractivity contribution in [3.8, 4) is 0 Å². The van der Waals surface area contributed by atoms with Crippen LogP contribution in [-0.2, 0) is 13.3 Å². The molecule has 0 aromatic heterocycles. The summed E-state index contributed by atoms with van der Waals surface area (Å²) in [5.41, 5.74) is -3.24. The number of hydrogen-bond acceptors (Lipinski definition) is 3. The van der Waals surface area contributed by atoms with Gasteiger partial charge < -0.3 is 13.3 Å². The van der Waals surface area contributed by atoms with Gasteiger partial charge >= 0.3 is 21.2 Å². The third kappa shape index (κ3) is 3.02. The molecule has 0 spiro atoms. The van der Waals surface area contributed by atoms with E-state index in [0.29, 0.717) is 0 Å². The first-order chi connectivity index (χ1) is 9.04. The summed E-state index contributed by atoms with van der Waals surface area (Å²) < 4.78 is 92.0. The second-order valence-corrected chi connectivity index (χ2v) is 6.32. The molecule has 0 aliphatic carbocycles. The topological polar surface area (TPSA) is 27.7 Å². The van der Waals surface area contributed by atoms with Crippen LogP contribution in [0.2, 0.25) is 0 Å². The number of rotatable bonds is 4. The van der Waals surface area contributed by atoms with E-state index in [-0.39, 0.29) is 13.2 Å². The van der Waals surface area contributed by atoms with Gasteiger partial charge in [-0.15, -0.1) is 0 Å². The predicted molar refractivity (Wildman–Crippen MR) is 58.7 cm³/mol. The number of halogens is 6. The molecule has 0 amide bonds. The summed E-state index contributed by atoms with van der Waals surface area (Å²) in [4.78, 5) is 0. The van der Waals surface area contributed by atoms with Gasteiger partial charge in [0, 0.05) is 19.6 Å². The predicted octanol–water partition coefficient (Wildman–Crippen LogP) is 3.38. The first-order valence-corrected chi connectivity index (χ1v) is 7.63. The van der Waals surface area contributed by atoms with Crippen LogP contribution in [0.3, 0.4) is 0 Å². The zero-order valence-electron chi connectivity index (χ0n) is 10.8. The van der Waals surface area contributed by atoms with Crippen LogP contribution in [0.4, 0.5) is 26.3 Å². The van der Waals surface area contributed by atoms with Gasteiger partial charge in [-0.25, -0.2) is 0 Å². The molecule has 1 heterocycles. The molecule has 3 nitrogen and oxygen atoms in total. The zero-order valence-corrected chi connectivity index (χ0v) is 11.8. The van der Waals surface area contributed by atoms with Crippen molar-refractivity contribution in [2.75, 3.05) is 13.2 Å². The minimum absolute atomic E-state index is 0.123. The van der Waals surface area contributed by atoms with Gasteiger partial charge in [0.15, 0.2) is 0 Å². The molecule has 0 N–H and O–H groups in total. The van der Waals surface area contributed by atoms with Crippen molar-refractivity contribution >= 4 is 8.80 Å². The van der Waals surface area contributed by atoms with Crippen molar-refractivity contribution in [3.05, 3.63) is 11.8 Å². The van der Waals surface area contributed by atoms with Crippen LogP contribution in [-0.4, -0.2) is 40.0 Å². The van der Waals surface area contributed by atoms with E-state index in [0.717, 1.165) is 11.8 Å². The second-order valence-electron chi connectivity index (χ2n) is 4.00. The normalized spacial score (nSPS) is 22.0. The molecule has 0 aromatic rings. The van der Waals surface area contributed by atoms with Crippen LogP contribution < -0.4 is 0 Å². The lowest BCUT2D eigenvalue weighted by atomic mass is 9.98. The smallest absolute Gasteiger partial charge is 0.371 e. The van der Waals surface area contributed by atoms with Gasteiger partial charge in [-0.05, 0) is 19.5 Å². The maximum atomic E-state index is 12.9. The summed E-state index contributed by atoms with van der Waals surface area (Å²) in [6.45, 7) is 2.62. The van der Waals surface area contributed by atoms with Gasteiger partial charge in [-0.1, -0.05) is 6.08 Å². The monoisotopic (exact) mass is 324 g/mol. The highest BCUT2D eigenvalue weighted by Crippen LogP contribution is 2.51. The van der Waals surface area contributed by atoms with Gasteiger partial charge in [0.25, 0.3) is 5.60 Å². The van der Waals surface area contributed by atoms with E-state index in [2.05, 4.69) is 4.43 Å². The van der Waals surface area contributed by atoms with E-state index >= 15 is 0 Å². The molecule has 0 fully saturated rings. The summed E-state index contributed by atoms with van der Waals surface area (Å²) in [6, 6.07) is 0. The molecule has 1 aliphatic heterocycles. The second kappa shape index (κ2) is 5.66. The van der Waals surface area contributed by atoms with Crippen molar-refractivity contribution in [3.63, 3.8) is 0 Å². The Kier molecular flexibility index (Phi) is 4.94. The molecule has 1 rings (SSSR count). The molecular weight excluding hydrogens is 310 g/mol.